The minimum atomic E-state index is -0.0116. The Bertz CT molecular complexity index is 720. The smallest absolute Gasteiger partial charge is 0.246 e. The number of nitrogens with zero attached hydrogens (tertiary/aromatic N) is 2. The van der Waals surface area contributed by atoms with Gasteiger partial charge in [0.15, 0.2) is 0 Å². The van der Waals surface area contributed by atoms with Crippen LogP contribution >= 0.6 is 22.9 Å². The average Bonchev–Trinajstić information content (AvgIpc) is 3.06. The SMILES string of the molecule is O=C(C1CC1)N1N=C(c2cccs2)CC1c1ccc(Cl)cc1. The fourth-order valence-electron chi connectivity index (χ4n) is 2.77. The molecule has 1 atom stereocenters. The van der Waals surface area contributed by atoms with Gasteiger partial charge in [-0.15, -0.1) is 11.3 Å². The van der Waals surface area contributed by atoms with E-state index in [1.54, 1.807) is 16.3 Å². The molecule has 1 aliphatic heterocycles. The number of amides is 1. The third-order valence-electron chi connectivity index (χ3n) is 4.12. The Morgan fingerprint density at radius 1 is 1.23 bits per heavy atom. The number of rotatable bonds is 3. The summed E-state index contributed by atoms with van der Waals surface area (Å²) in [6, 6.07) is 11.8. The van der Waals surface area contributed by atoms with Crippen LogP contribution in [0.2, 0.25) is 5.02 Å². The van der Waals surface area contributed by atoms with E-state index in [1.807, 2.05) is 35.7 Å². The van der Waals surface area contributed by atoms with Gasteiger partial charge in [0, 0.05) is 17.4 Å². The monoisotopic (exact) mass is 330 g/mol. The van der Waals surface area contributed by atoms with Gasteiger partial charge in [-0.3, -0.25) is 4.79 Å². The Morgan fingerprint density at radius 3 is 2.64 bits per heavy atom. The molecule has 112 valence electrons. The molecule has 5 heteroatoms. The first-order valence-electron chi connectivity index (χ1n) is 7.42. The third-order valence-corrected chi connectivity index (χ3v) is 5.29. The van der Waals surface area contributed by atoms with Crippen LogP contribution in [0.4, 0.5) is 0 Å². The van der Waals surface area contributed by atoms with Crippen molar-refractivity contribution in [2.45, 2.75) is 25.3 Å². The Morgan fingerprint density at radius 2 is 2.00 bits per heavy atom. The Hall–Kier alpha value is -1.65. The summed E-state index contributed by atoms with van der Waals surface area (Å²) in [4.78, 5) is 13.7. The molecule has 4 rings (SSSR count). The van der Waals surface area contributed by atoms with Crippen molar-refractivity contribution in [2.24, 2.45) is 11.0 Å². The summed E-state index contributed by atoms with van der Waals surface area (Å²) in [5, 5.41) is 9.11. The van der Waals surface area contributed by atoms with E-state index in [1.165, 1.54) is 0 Å². The standard InChI is InChI=1S/C17H15ClN2OS/c18-13-7-5-11(6-8-13)15-10-14(16-2-1-9-22-16)19-20(15)17(21)12-3-4-12/h1-2,5-9,12,15H,3-4,10H2. The van der Waals surface area contributed by atoms with Gasteiger partial charge in [0.2, 0.25) is 5.91 Å². The van der Waals surface area contributed by atoms with Crippen molar-refractivity contribution in [1.82, 2.24) is 5.01 Å². The predicted octanol–water partition coefficient (Wildman–Crippen LogP) is 4.49. The van der Waals surface area contributed by atoms with Crippen LogP contribution in [0.15, 0.2) is 46.9 Å². The zero-order valence-corrected chi connectivity index (χ0v) is 13.5. The molecule has 0 radical (unpaired) electrons. The van der Waals surface area contributed by atoms with E-state index in [-0.39, 0.29) is 17.9 Å². The first-order valence-corrected chi connectivity index (χ1v) is 8.68. The van der Waals surface area contributed by atoms with E-state index in [2.05, 4.69) is 11.2 Å². The van der Waals surface area contributed by atoms with Gasteiger partial charge in [-0.1, -0.05) is 29.8 Å². The van der Waals surface area contributed by atoms with Crippen LogP contribution in [0, 0.1) is 5.92 Å². The van der Waals surface area contributed by atoms with Crippen LogP contribution in [-0.2, 0) is 4.79 Å². The molecule has 1 aromatic heterocycles. The molecule has 1 aliphatic carbocycles. The van der Waals surface area contributed by atoms with Gasteiger partial charge in [-0.25, -0.2) is 5.01 Å². The molecule has 1 fully saturated rings. The minimum Gasteiger partial charge on any atom is -0.273 e. The summed E-state index contributed by atoms with van der Waals surface area (Å²) in [6.45, 7) is 0. The molecule has 1 amide bonds. The fourth-order valence-corrected chi connectivity index (χ4v) is 3.61. The van der Waals surface area contributed by atoms with Gasteiger partial charge < -0.3 is 0 Å². The van der Waals surface area contributed by atoms with Crippen molar-refractivity contribution in [3.63, 3.8) is 0 Å². The summed E-state index contributed by atoms with van der Waals surface area (Å²) in [5.41, 5.74) is 2.10. The van der Waals surface area contributed by atoms with Crippen LogP contribution in [0.3, 0.4) is 0 Å². The molecule has 22 heavy (non-hydrogen) atoms. The first kappa shape index (κ1) is 14.0. The van der Waals surface area contributed by atoms with Crippen LogP contribution in [0.1, 0.15) is 35.7 Å². The second-order valence-electron chi connectivity index (χ2n) is 5.75. The Labute approximate surface area is 138 Å². The number of halogens is 1. The molecule has 1 unspecified atom stereocenters. The first-order chi connectivity index (χ1) is 10.7. The van der Waals surface area contributed by atoms with E-state index < -0.39 is 0 Å². The van der Waals surface area contributed by atoms with Gasteiger partial charge in [0.25, 0.3) is 0 Å². The highest BCUT2D eigenvalue weighted by Crippen LogP contribution is 2.39. The van der Waals surface area contributed by atoms with Gasteiger partial charge in [-0.05, 0) is 42.0 Å². The van der Waals surface area contributed by atoms with E-state index in [0.717, 1.165) is 35.4 Å². The predicted molar refractivity (Wildman–Crippen MR) is 89.2 cm³/mol. The second kappa shape index (κ2) is 5.52. The molecule has 0 bridgehead atoms. The maximum absolute atomic E-state index is 12.6. The molecule has 0 spiro atoms. The minimum absolute atomic E-state index is 0.0116. The quantitative estimate of drug-likeness (QED) is 0.816. The van der Waals surface area contributed by atoms with Crippen molar-refractivity contribution in [1.29, 1.82) is 0 Å². The Kier molecular flexibility index (Phi) is 3.51. The number of carbonyl (C=O) groups excluding carboxylic acids is 1. The lowest BCUT2D eigenvalue weighted by molar-refractivity contribution is -0.134. The summed E-state index contributed by atoms with van der Waals surface area (Å²) in [5.74, 6) is 0.327. The molecule has 3 nitrogen and oxygen atoms in total. The highest BCUT2D eigenvalue weighted by atomic mass is 35.5. The zero-order chi connectivity index (χ0) is 15.1. The van der Waals surface area contributed by atoms with E-state index >= 15 is 0 Å². The third kappa shape index (κ3) is 2.57. The number of hydrogen-bond donors (Lipinski definition) is 0. The molecule has 2 aliphatic rings. The number of carbonyl (C=O) groups is 1. The maximum atomic E-state index is 12.6. The molecular weight excluding hydrogens is 316 g/mol. The van der Waals surface area contributed by atoms with Crippen LogP contribution in [-0.4, -0.2) is 16.6 Å². The summed E-state index contributed by atoms with van der Waals surface area (Å²) >= 11 is 7.65. The molecule has 1 saturated carbocycles. The van der Waals surface area contributed by atoms with Gasteiger partial charge in [0.1, 0.15) is 0 Å². The highest BCUT2D eigenvalue weighted by molar-refractivity contribution is 7.12. The molecule has 1 aromatic carbocycles. The number of hydrogen-bond acceptors (Lipinski definition) is 3. The molecule has 0 N–H and O–H groups in total. The fraction of sp³-hybridized carbons (Fsp3) is 0.294. The molecule has 2 heterocycles. The second-order valence-corrected chi connectivity index (χ2v) is 7.14. The summed E-state index contributed by atoms with van der Waals surface area (Å²) < 4.78 is 0. The molecule has 0 saturated heterocycles. The number of thiophene rings is 1. The largest absolute Gasteiger partial charge is 0.273 e. The molecular formula is C17H15ClN2OS. The van der Waals surface area contributed by atoms with Crippen molar-refractivity contribution in [3.8, 4) is 0 Å². The van der Waals surface area contributed by atoms with Crippen molar-refractivity contribution in [3.05, 3.63) is 57.2 Å². The van der Waals surface area contributed by atoms with Crippen molar-refractivity contribution >= 4 is 34.6 Å². The van der Waals surface area contributed by atoms with Gasteiger partial charge in [-0.2, -0.15) is 5.10 Å². The van der Waals surface area contributed by atoms with E-state index in [9.17, 15) is 4.79 Å². The van der Waals surface area contributed by atoms with Crippen LogP contribution < -0.4 is 0 Å². The van der Waals surface area contributed by atoms with E-state index in [0.29, 0.717) is 5.02 Å². The van der Waals surface area contributed by atoms with Crippen molar-refractivity contribution < 1.29 is 4.79 Å². The zero-order valence-electron chi connectivity index (χ0n) is 11.9. The Balaban J connectivity index is 1.67. The van der Waals surface area contributed by atoms with E-state index in [4.69, 9.17) is 11.6 Å². The van der Waals surface area contributed by atoms with Gasteiger partial charge in [0.05, 0.1) is 16.6 Å². The maximum Gasteiger partial charge on any atom is 0.246 e. The number of hydrazone groups is 1. The molecule has 2 aromatic rings. The summed E-state index contributed by atoms with van der Waals surface area (Å²) in [6.07, 6.45) is 2.75. The lowest BCUT2D eigenvalue weighted by atomic mass is 10.0. The summed E-state index contributed by atoms with van der Waals surface area (Å²) in [7, 11) is 0. The van der Waals surface area contributed by atoms with Crippen molar-refractivity contribution in [2.75, 3.05) is 0 Å². The number of benzene rings is 1. The van der Waals surface area contributed by atoms with Crippen LogP contribution in [0.25, 0.3) is 0 Å². The lowest BCUT2D eigenvalue weighted by Gasteiger charge is -2.22. The highest BCUT2D eigenvalue weighted by Gasteiger charge is 2.40. The normalized spacial score (nSPS) is 21.0. The topological polar surface area (TPSA) is 32.7 Å². The lowest BCUT2D eigenvalue weighted by Crippen LogP contribution is -2.28. The van der Waals surface area contributed by atoms with Gasteiger partial charge >= 0.3 is 0 Å². The van der Waals surface area contributed by atoms with Crippen LogP contribution in [0.5, 0.6) is 0 Å². The average molecular weight is 331 g/mol.